The third-order valence-electron chi connectivity index (χ3n) is 2.48. The number of aromatic hydroxyl groups is 1. The van der Waals surface area contributed by atoms with E-state index in [0.29, 0.717) is 5.13 Å². The molecule has 15 heavy (non-hydrogen) atoms. The van der Waals surface area contributed by atoms with Gasteiger partial charge >= 0.3 is 0 Å². The van der Waals surface area contributed by atoms with Gasteiger partial charge in [-0.15, -0.1) is 0 Å². The standard InChI is InChI=1S/C10H15N3OS/c14-9-7-15-10(11-9)13-12-8-5-3-1-2-4-6-8/h7,14H,1-6H2,(H,11,13). The zero-order valence-corrected chi connectivity index (χ0v) is 9.39. The first-order chi connectivity index (χ1) is 7.34. The third-order valence-corrected chi connectivity index (χ3v) is 3.22. The molecule has 4 nitrogen and oxygen atoms in total. The summed E-state index contributed by atoms with van der Waals surface area (Å²) in [5.74, 6) is 0.0589. The van der Waals surface area contributed by atoms with Gasteiger partial charge in [0.2, 0.25) is 11.0 Å². The van der Waals surface area contributed by atoms with Crippen molar-refractivity contribution in [2.45, 2.75) is 38.5 Å². The number of aromatic nitrogens is 1. The molecule has 0 spiro atoms. The second kappa shape index (κ2) is 5.11. The number of thiazole rings is 1. The van der Waals surface area contributed by atoms with E-state index in [0.717, 1.165) is 12.8 Å². The maximum Gasteiger partial charge on any atom is 0.223 e. The molecule has 0 saturated heterocycles. The fourth-order valence-electron chi connectivity index (χ4n) is 1.69. The van der Waals surface area contributed by atoms with Crippen LogP contribution in [0.4, 0.5) is 5.13 Å². The van der Waals surface area contributed by atoms with E-state index in [1.807, 2.05) is 0 Å². The van der Waals surface area contributed by atoms with Crippen LogP contribution < -0.4 is 5.43 Å². The van der Waals surface area contributed by atoms with Gasteiger partial charge in [-0.25, -0.2) is 0 Å². The topological polar surface area (TPSA) is 57.5 Å². The summed E-state index contributed by atoms with van der Waals surface area (Å²) in [5.41, 5.74) is 4.12. The predicted octanol–water partition coefficient (Wildman–Crippen LogP) is 2.97. The van der Waals surface area contributed by atoms with E-state index in [1.54, 1.807) is 5.38 Å². The minimum absolute atomic E-state index is 0.0589. The Labute approximate surface area is 93.0 Å². The van der Waals surface area contributed by atoms with Crippen molar-refractivity contribution in [1.29, 1.82) is 0 Å². The molecule has 1 fully saturated rings. The first-order valence-electron chi connectivity index (χ1n) is 5.30. The van der Waals surface area contributed by atoms with Crippen LogP contribution in [0.2, 0.25) is 0 Å². The Balaban J connectivity index is 1.91. The van der Waals surface area contributed by atoms with Gasteiger partial charge in [-0.3, -0.25) is 5.43 Å². The summed E-state index contributed by atoms with van der Waals surface area (Å²) in [6.45, 7) is 0. The molecular formula is C10H15N3OS. The van der Waals surface area contributed by atoms with Gasteiger partial charge in [0.05, 0.1) is 5.38 Å². The summed E-state index contributed by atoms with van der Waals surface area (Å²) in [5, 5.41) is 15.6. The van der Waals surface area contributed by atoms with Crippen LogP contribution in [-0.2, 0) is 0 Å². The highest BCUT2D eigenvalue weighted by molar-refractivity contribution is 7.13. The van der Waals surface area contributed by atoms with E-state index in [4.69, 9.17) is 5.11 Å². The van der Waals surface area contributed by atoms with Crippen molar-refractivity contribution in [3.63, 3.8) is 0 Å². The highest BCUT2D eigenvalue weighted by Crippen LogP contribution is 2.20. The van der Waals surface area contributed by atoms with E-state index >= 15 is 0 Å². The van der Waals surface area contributed by atoms with Gasteiger partial charge in [0.25, 0.3) is 0 Å². The second-order valence-electron chi connectivity index (χ2n) is 3.71. The quantitative estimate of drug-likeness (QED) is 0.601. The van der Waals surface area contributed by atoms with E-state index < -0.39 is 0 Å². The molecule has 0 radical (unpaired) electrons. The Kier molecular flexibility index (Phi) is 3.55. The Bertz CT molecular complexity index is 338. The molecule has 2 rings (SSSR count). The molecule has 5 heteroatoms. The molecular weight excluding hydrogens is 210 g/mol. The maximum atomic E-state index is 9.05. The summed E-state index contributed by atoms with van der Waals surface area (Å²) >= 11 is 1.36. The Morgan fingerprint density at radius 2 is 2.00 bits per heavy atom. The minimum Gasteiger partial charge on any atom is -0.493 e. The number of nitrogens with zero attached hydrogens (tertiary/aromatic N) is 2. The van der Waals surface area contributed by atoms with Crippen molar-refractivity contribution in [2.75, 3.05) is 5.43 Å². The van der Waals surface area contributed by atoms with Gasteiger partial charge in [-0.05, 0) is 25.7 Å². The van der Waals surface area contributed by atoms with Gasteiger partial charge < -0.3 is 5.11 Å². The lowest BCUT2D eigenvalue weighted by molar-refractivity contribution is 0.458. The predicted molar refractivity (Wildman–Crippen MR) is 62.5 cm³/mol. The number of anilines is 1. The first-order valence-corrected chi connectivity index (χ1v) is 6.18. The Hall–Kier alpha value is -1.10. The van der Waals surface area contributed by atoms with Gasteiger partial charge in [0, 0.05) is 5.71 Å². The van der Waals surface area contributed by atoms with Crippen molar-refractivity contribution in [3.05, 3.63) is 5.38 Å². The number of nitrogens with one attached hydrogen (secondary N) is 1. The molecule has 1 aromatic heterocycles. The minimum atomic E-state index is 0.0589. The van der Waals surface area contributed by atoms with Gasteiger partial charge in [-0.1, -0.05) is 24.2 Å². The van der Waals surface area contributed by atoms with Crippen LogP contribution in [0.25, 0.3) is 0 Å². The molecule has 0 unspecified atom stereocenters. The largest absolute Gasteiger partial charge is 0.493 e. The fraction of sp³-hybridized carbons (Fsp3) is 0.600. The zero-order chi connectivity index (χ0) is 10.5. The van der Waals surface area contributed by atoms with Crippen LogP contribution in [0.5, 0.6) is 5.88 Å². The molecule has 82 valence electrons. The van der Waals surface area contributed by atoms with Crippen LogP contribution in [0.3, 0.4) is 0 Å². The molecule has 0 atom stereocenters. The average molecular weight is 225 g/mol. The molecule has 1 aromatic rings. The SMILES string of the molecule is Oc1csc(NN=C2CCCCCC2)n1. The van der Waals surface area contributed by atoms with Crippen molar-refractivity contribution < 1.29 is 5.11 Å². The van der Waals surface area contributed by atoms with Crippen molar-refractivity contribution in [3.8, 4) is 5.88 Å². The van der Waals surface area contributed by atoms with Crippen LogP contribution in [-0.4, -0.2) is 15.8 Å². The first kappa shape index (κ1) is 10.4. The number of hydrogen-bond donors (Lipinski definition) is 2. The Morgan fingerprint density at radius 1 is 1.27 bits per heavy atom. The molecule has 1 aliphatic rings. The van der Waals surface area contributed by atoms with Crippen molar-refractivity contribution in [1.82, 2.24) is 4.98 Å². The molecule has 0 amide bonds. The molecule has 0 bridgehead atoms. The van der Waals surface area contributed by atoms with Crippen molar-refractivity contribution in [2.24, 2.45) is 5.10 Å². The van der Waals surface area contributed by atoms with Crippen LogP contribution in [0.1, 0.15) is 38.5 Å². The lowest BCUT2D eigenvalue weighted by atomic mass is 10.2. The number of rotatable bonds is 2. The van der Waals surface area contributed by atoms with Gasteiger partial charge in [0.15, 0.2) is 0 Å². The number of hydrazone groups is 1. The summed E-state index contributed by atoms with van der Waals surface area (Å²) in [6, 6.07) is 0. The number of hydrogen-bond acceptors (Lipinski definition) is 5. The van der Waals surface area contributed by atoms with E-state index in [2.05, 4.69) is 15.5 Å². The average Bonchev–Trinajstić information content (AvgIpc) is 2.52. The summed E-state index contributed by atoms with van der Waals surface area (Å²) < 4.78 is 0. The van der Waals surface area contributed by atoms with Crippen LogP contribution >= 0.6 is 11.3 Å². The van der Waals surface area contributed by atoms with E-state index in [9.17, 15) is 0 Å². The van der Waals surface area contributed by atoms with E-state index in [1.165, 1.54) is 42.7 Å². The summed E-state index contributed by atoms with van der Waals surface area (Å²) in [7, 11) is 0. The fourth-order valence-corrected chi connectivity index (χ4v) is 2.21. The highest BCUT2D eigenvalue weighted by Gasteiger charge is 2.06. The molecule has 1 aliphatic carbocycles. The van der Waals surface area contributed by atoms with Crippen LogP contribution in [0.15, 0.2) is 10.5 Å². The summed E-state index contributed by atoms with van der Waals surface area (Å²) in [4.78, 5) is 3.87. The monoisotopic (exact) mass is 225 g/mol. The third kappa shape index (κ3) is 3.20. The highest BCUT2D eigenvalue weighted by atomic mass is 32.1. The smallest absolute Gasteiger partial charge is 0.223 e. The molecule has 0 aliphatic heterocycles. The van der Waals surface area contributed by atoms with Crippen LogP contribution in [0, 0.1) is 0 Å². The van der Waals surface area contributed by atoms with Gasteiger partial charge in [0.1, 0.15) is 0 Å². The Morgan fingerprint density at radius 3 is 2.60 bits per heavy atom. The summed E-state index contributed by atoms with van der Waals surface area (Å²) in [6.07, 6.45) is 7.29. The zero-order valence-electron chi connectivity index (χ0n) is 8.57. The van der Waals surface area contributed by atoms with Crippen molar-refractivity contribution >= 4 is 22.2 Å². The lowest BCUT2D eigenvalue weighted by Crippen LogP contribution is -2.00. The molecule has 1 saturated carbocycles. The van der Waals surface area contributed by atoms with Gasteiger partial charge in [-0.2, -0.15) is 10.1 Å². The second-order valence-corrected chi connectivity index (χ2v) is 4.57. The normalized spacial score (nSPS) is 17.2. The maximum absolute atomic E-state index is 9.05. The molecule has 2 N–H and O–H groups in total. The van der Waals surface area contributed by atoms with E-state index in [-0.39, 0.29) is 5.88 Å². The lowest BCUT2D eigenvalue weighted by Gasteiger charge is -2.00. The molecule has 1 heterocycles. The molecule has 0 aromatic carbocycles.